The Kier molecular flexibility index (Phi) is 3.91. The lowest BCUT2D eigenvalue weighted by atomic mass is 9.94. The molecule has 2 rings (SSSR count). The van der Waals surface area contributed by atoms with Crippen molar-refractivity contribution < 1.29 is 9.59 Å². The Morgan fingerprint density at radius 2 is 2.22 bits per heavy atom. The van der Waals surface area contributed by atoms with Crippen LogP contribution in [0, 0.1) is 12.8 Å². The van der Waals surface area contributed by atoms with E-state index in [9.17, 15) is 9.59 Å². The van der Waals surface area contributed by atoms with Gasteiger partial charge in [0.2, 0.25) is 5.91 Å². The van der Waals surface area contributed by atoms with Crippen LogP contribution in [0.2, 0.25) is 0 Å². The zero-order valence-corrected chi connectivity index (χ0v) is 11.3. The molecular weight excluding hydrogens is 248 g/mol. The Labute approximate surface area is 110 Å². The number of carbonyl (C=O) groups excluding carboxylic acids is 2. The van der Waals surface area contributed by atoms with Crippen LogP contribution in [0.25, 0.3) is 0 Å². The number of aryl methyl sites for hydroxylation is 1. The largest absolute Gasteiger partial charge is 0.302 e. The van der Waals surface area contributed by atoms with Crippen molar-refractivity contribution >= 4 is 28.2 Å². The standard InChI is InChI=1S/C13H16N2O2S/c1-8-11(9(2)16)18-13(14-8)15-12(17)10-6-4-3-5-7-10/h3-4,10H,5-7H2,1-2H3,(H,14,15,17)/t10-/m1/s1. The maximum absolute atomic E-state index is 12.0. The first-order chi connectivity index (χ1) is 8.58. The van der Waals surface area contributed by atoms with Gasteiger partial charge >= 0.3 is 0 Å². The maximum atomic E-state index is 12.0. The molecule has 0 spiro atoms. The summed E-state index contributed by atoms with van der Waals surface area (Å²) in [6.45, 7) is 3.30. The monoisotopic (exact) mass is 264 g/mol. The van der Waals surface area contributed by atoms with Crippen LogP contribution in [-0.4, -0.2) is 16.7 Å². The highest BCUT2D eigenvalue weighted by atomic mass is 32.1. The molecule has 0 radical (unpaired) electrons. The van der Waals surface area contributed by atoms with Gasteiger partial charge in [0.05, 0.1) is 10.6 Å². The van der Waals surface area contributed by atoms with E-state index in [-0.39, 0.29) is 17.6 Å². The van der Waals surface area contributed by atoms with Crippen LogP contribution < -0.4 is 5.32 Å². The molecule has 1 atom stereocenters. The number of anilines is 1. The van der Waals surface area contributed by atoms with Crippen LogP contribution in [0.1, 0.15) is 41.6 Å². The van der Waals surface area contributed by atoms with Crippen LogP contribution in [0.4, 0.5) is 5.13 Å². The highest BCUT2D eigenvalue weighted by Gasteiger charge is 2.20. The Morgan fingerprint density at radius 3 is 2.78 bits per heavy atom. The van der Waals surface area contributed by atoms with E-state index in [1.807, 2.05) is 6.08 Å². The highest BCUT2D eigenvalue weighted by molar-refractivity contribution is 7.17. The van der Waals surface area contributed by atoms with Crippen molar-refractivity contribution in [2.24, 2.45) is 5.92 Å². The van der Waals surface area contributed by atoms with Gasteiger partial charge < -0.3 is 5.32 Å². The van der Waals surface area contributed by atoms with Gasteiger partial charge in [0.1, 0.15) is 0 Å². The summed E-state index contributed by atoms with van der Waals surface area (Å²) in [5, 5.41) is 3.34. The van der Waals surface area contributed by atoms with Gasteiger partial charge in [-0.15, -0.1) is 0 Å². The lowest BCUT2D eigenvalue weighted by molar-refractivity contribution is -0.120. The van der Waals surface area contributed by atoms with Crippen molar-refractivity contribution in [3.63, 3.8) is 0 Å². The number of amides is 1. The fraction of sp³-hybridized carbons (Fsp3) is 0.462. The molecule has 0 saturated carbocycles. The number of Topliss-reactive ketones (excluding diaryl/α,β-unsaturated/α-hetero) is 1. The second-order valence-electron chi connectivity index (χ2n) is 4.46. The van der Waals surface area contributed by atoms with Gasteiger partial charge in [-0.25, -0.2) is 4.98 Å². The van der Waals surface area contributed by atoms with Crippen molar-refractivity contribution in [3.05, 3.63) is 22.7 Å². The van der Waals surface area contributed by atoms with E-state index in [1.54, 1.807) is 6.92 Å². The zero-order valence-electron chi connectivity index (χ0n) is 10.5. The molecule has 0 aromatic carbocycles. The van der Waals surface area contributed by atoms with E-state index in [1.165, 1.54) is 18.3 Å². The molecule has 1 aromatic heterocycles. The number of allylic oxidation sites excluding steroid dienone is 2. The summed E-state index contributed by atoms with van der Waals surface area (Å²) >= 11 is 1.25. The molecule has 5 heteroatoms. The summed E-state index contributed by atoms with van der Waals surface area (Å²) in [5.74, 6) is 0.0225. The van der Waals surface area contributed by atoms with Crippen LogP contribution in [0.3, 0.4) is 0 Å². The van der Waals surface area contributed by atoms with Crippen molar-refractivity contribution in [2.75, 3.05) is 5.32 Å². The predicted octanol–water partition coefficient (Wildman–Crippen LogP) is 2.95. The molecule has 1 heterocycles. The Balaban J connectivity index is 2.05. The third-order valence-electron chi connectivity index (χ3n) is 2.99. The number of nitrogens with one attached hydrogen (secondary N) is 1. The third kappa shape index (κ3) is 2.85. The topological polar surface area (TPSA) is 59.1 Å². The quantitative estimate of drug-likeness (QED) is 0.674. The van der Waals surface area contributed by atoms with Crippen LogP contribution in [0.15, 0.2) is 12.2 Å². The summed E-state index contributed by atoms with van der Waals surface area (Å²) in [6.07, 6.45) is 6.77. The van der Waals surface area contributed by atoms with Crippen LogP contribution in [0.5, 0.6) is 0 Å². The van der Waals surface area contributed by atoms with E-state index in [0.717, 1.165) is 19.3 Å². The molecule has 0 unspecified atom stereocenters. The first kappa shape index (κ1) is 13.0. The SMILES string of the molecule is CC(=O)c1sc(NC(=O)[C@@H]2CC=CCC2)nc1C. The number of rotatable bonds is 3. The number of thiazole rings is 1. The second kappa shape index (κ2) is 5.44. The molecule has 1 aliphatic carbocycles. The number of ketones is 1. The Bertz CT molecular complexity index is 505. The molecule has 0 saturated heterocycles. The summed E-state index contributed by atoms with van der Waals surface area (Å²) < 4.78 is 0. The van der Waals surface area contributed by atoms with Crippen molar-refractivity contribution in [1.82, 2.24) is 4.98 Å². The average molecular weight is 264 g/mol. The van der Waals surface area contributed by atoms with E-state index < -0.39 is 0 Å². The predicted molar refractivity (Wildman–Crippen MR) is 72.0 cm³/mol. The Morgan fingerprint density at radius 1 is 1.44 bits per heavy atom. The van der Waals surface area contributed by atoms with Gasteiger partial charge in [-0.1, -0.05) is 23.5 Å². The van der Waals surface area contributed by atoms with E-state index in [2.05, 4.69) is 16.4 Å². The van der Waals surface area contributed by atoms with Gasteiger partial charge in [-0.2, -0.15) is 0 Å². The minimum absolute atomic E-state index is 0.00296. The van der Waals surface area contributed by atoms with Gasteiger partial charge in [-0.05, 0) is 26.2 Å². The van der Waals surface area contributed by atoms with Crippen molar-refractivity contribution in [1.29, 1.82) is 0 Å². The minimum atomic E-state index is -0.00824. The first-order valence-corrected chi connectivity index (χ1v) is 6.84. The maximum Gasteiger partial charge on any atom is 0.229 e. The lowest BCUT2D eigenvalue weighted by Crippen LogP contribution is -2.23. The van der Waals surface area contributed by atoms with E-state index in [4.69, 9.17) is 0 Å². The highest BCUT2D eigenvalue weighted by Crippen LogP contribution is 2.25. The third-order valence-corrected chi connectivity index (χ3v) is 4.16. The zero-order chi connectivity index (χ0) is 13.1. The van der Waals surface area contributed by atoms with Crippen LogP contribution >= 0.6 is 11.3 Å². The summed E-state index contributed by atoms with van der Waals surface area (Å²) in [5.41, 5.74) is 0.686. The fourth-order valence-corrected chi connectivity index (χ4v) is 2.88. The summed E-state index contributed by atoms with van der Waals surface area (Å²) in [6, 6.07) is 0. The average Bonchev–Trinajstić information content (AvgIpc) is 2.71. The summed E-state index contributed by atoms with van der Waals surface area (Å²) in [4.78, 5) is 28.1. The number of hydrogen-bond donors (Lipinski definition) is 1. The number of hydrogen-bond acceptors (Lipinski definition) is 4. The molecule has 18 heavy (non-hydrogen) atoms. The number of nitrogens with zero attached hydrogens (tertiary/aromatic N) is 1. The fourth-order valence-electron chi connectivity index (χ4n) is 2.02. The molecule has 0 fully saturated rings. The molecule has 1 N–H and O–H groups in total. The van der Waals surface area contributed by atoms with Gasteiger partial charge in [-0.3, -0.25) is 9.59 Å². The molecule has 96 valence electrons. The van der Waals surface area contributed by atoms with Crippen molar-refractivity contribution in [2.45, 2.75) is 33.1 Å². The molecule has 0 aliphatic heterocycles. The molecule has 1 amide bonds. The second-order valence-corrected chi connectivity index (χ2v) is 5.46. The summed E-state index contributed by atoms with van der Waals surface area (Å²) in [7, 11) is 0. The number of carbonyl (C=O) groups is 2. The minimum Gasteiger partial charge on any atom is -0.302 e. The molecular formula is C13H16N2O2S. The van der Waals surface area contributed by atoms with Crippen LogP contribution in [-0.2, 0) is 4.79 Å². The molecule has 1 aliphatic rings. The van der Waals surface area contributed by atoms with Crippen molar-refractivity contribution in [3.8, 4) is 0 Å². The Hall–Kier alpha value is -1.49. The molecule has 1 aromatic rings. The smallest absolute Gasteiger partial charge is 0.229 e. The molecule has 4 nitrogen and oxygen atoms in total. The van der Waals surface area contributed by atoms with Gasteiger partial charge in [0.15, 0.2) is 10.9 Å². The first-order valence-electron chi connectivity index (χ1n) is 6.02. The normalized spacial score (nSPS) is 18.7. The molecule has 0 bridgehead atoms. The van der Waals surface area contributed by atoms with Gasteiger partial charge in [0, 0.05) is 12.8 Å². The lowest BCUT2D eigenvalue weighted by Gasteiger charge is -2.15. The van der Waals surface area contributed by atoms with Gasteiger partial charge in [0.25, 0.3) is 0 Å². The van der Waals surface area contributed by atoms with E-state index >= 15 is 0 Å². The number of aromatic nitrogens is 1. The van der Waals surface area contributed by atoms with E-state index in [0.29, 0.717) is 15.7 Å².